The first kappa shape index (κ1) is 22.4. The zero-order valence-corrected chi connectivity index (χ0v) is 16.2. The van der Waals surface area contributed by atoms with Crippen molar-refractivity contribution in [1.82, 2.24) is 9.88 Å². The average Bonchev–Trinajstić information content (AvgIpc) is 2.66. The number of carbonyl (C=O) groups excluding carboxylic acids is 1. The number of nitrogens with zero attached hydrogens (tertiary/aromatic N) is 2. The minimum Gasteiger partial charge on any atom is -0.404 e. The van der Waals surface area contributed by atoms with Crippen LogP contribution in [0.2, 0.25) is 0 Å². The molecular formula is C21H22F4N2O2. The Morgan fingerprint density at radius 3 is 2.52 bits per heavy atom. The summed E-state index contributed by atoms with van der Waals surface area (Å²) in [7, 11) is 1.90. The number of hydrogen-bond acceptors (Lipinski definition) is 4. The van der Waals surface area contributed by atoms with E-state index in [0.717, 1.165) is 44.1 Å². The first-order valence-electron chi connectivity index (χ1n) is 9.13. The van der Waals surface area contributed by atoms with Gasteiger partial charge in [-0.1, -0.05) is 19.8 Å². The summed E-state index contributed by atoms with van der Waals surface area (Å²) in [5, 5.41) is 0. The highest BCUT2D eigenvalue weighted by atomic mass is 19.4. The molecule has 0 unspecified atom stereocenters. The molecule has 0 saturated heterocycles. The number of pyridine rings is 1. The van der Waals surface area contributed by atoms with E-state index in [9.17, 15) is 22.4 Å². The molecule has 0 radical (unpaired) electrons. The molecule has 8 heteroatoms. The lowest BCUT2D eigenvalue weighted by Gasteiger charge is -2.14. The first-order valence-corrected chi connectivity index (χ1v) is 9.13. The number of carbonyl (C=O) groups is 1. The largest absolute Gasteiger partial charge is 0.573 e. The van der Waals surface area contributed by atoms with E-state index < -0.39 is 17.9 Å². The van der Waals surface area contributed by atoms with Gasteiger partial charge >= 0.3 is 6.36 Å². The normalized spacial score (nSPS) is 11.7. The second-order valence-electron chi connectivity index (χ2n) is 6.51. The van der Waals surface area contributed by atoms with Crippen molar-refractivity contribution in [3.8, 4) is 17.0 Å². The molecule has 1 aromatic carbocycles. The van der Waals surface area contributed by atoms with Crippen molar-refractivity contribution in [2.45, 2.75) is 32.5 Å². The lowest BCUT2D eigenvalue weighted by atomic mass is 10.0. The number of aldehydes is 1. The summed E-state index contributed by atoms with van der Waals surface area (Å²) in [5.74, 6) is -1.20. The summed E-state index contributed by atoms with van der Waals surface area (Å²) >= 11 is 0. The van der Waals surface area contributed by atoms with Gasteiger partial charge < -0.3 is 9.64 Å². The van der Waals surface area contributed by atoms with Gasteiger partial charge in [-0.25, -0.2) is 4.39 Å². The highest BCUT2D eigenvalue weighted by Crippen LogP contribution is 2.28. The van der Waals surface area contributed by atoms with E-state index in [2.05, 4.69) is 16.6 Å². The minimum atomic E-state index is -4.83. The fraction of sp³-hybridized carbons (Fsp3) is 0.333. The zero-order valence-electron chi connectivity index (χ0n) is 16.2. The third kappa shape index (κ3) is 6.89. The maximum atomic E-state index is 14.4. The molecule has 1 aromatic heterocycles. The van der Waals surface area contributed by atoms with Crippen molar-refractivity contribution >= 4 is 12.4 Å². The van der Waals surface area contributed by atoms with Crippen molar-refractivity contribution in [2.24, 2.45) is 0 Å². The monoisotopic (exact) mass is 410 g/mol. The summed E-state index contributed by atoms with van der Waals surface area (Å²) in [4.78, 5) is 17.1. The van der Waals surface area contributed by atoms with Gasteiger partial charge in [0.15, 0.2) is 6.29 Å². The second kappa shape index (κ2) is 10.0. The van der Waals surface area contributed by atoms with Crippen LogP contribution < -0.4 is 4.74 Å². The van der Waals surface area contributed by atoms with Gasteiger partial charge in [0.25, 0.3) is 0 Å². The van der Waals surface area contributed by atoms with Crippen molar-refractivity contribution in [1.29, 1.82) is 0 Å². The number of alkyl halides is 3. The Bertz CT molecular complexity index is 849. The lowest BCUT2D eigenvalue weighted by Crippen LogP contribution is -2.17. The molecule has 0 aliphatic carbocycles. The quantitative estimate of drug-likeness (QED) is 0.303. The van der Waals surface area contributed by atoms with Crippen molar-refractivity contribution in [2.75, 3.05) is 13.6 Å². The van der Waals surface area contributed by atoms with Crippen LogP contribution in [0.1, 0.15) is 42.1 Å². The molecule has 0 amide bonds. The molecule has 0 fully saturated rings. The van der Waals surface area contributed by atoms with E-state index in [0.29, 0.717) is 11.8 Å². The first-order chi connectivity index (χ1) is 13.7. The highest BCUT2D eigenvalue weighted by Gasteiger charge is 2.31. The molecule has 4 nitrogen and oxygen atoms in total. The third-order valence-electron chi connectivity index (χ3n) is 4.17. The fourth-order valence-electron chi connectivity index (χ4n) is 2.67. The number of rotatable bonds is 9. The van der Waals surface area contributed by atoms with E-state index in [-0.39, 0.29) is 16.8 Å². The van der Waals surface area contributed by atoms with Crippen molar-refractivity contribution < 1.29 is 27.1 Å². The lowest BCUT2D eigenvalue weighted by molar-refractivity contribution is -0.274. The van der Waals surface area contributed by atoms with Crippen molar-refractivity contribution in [3.63, 3.8) is 0 Å². The van der Waals surface area contributed by atoms with E-state index in [1.165, 1.54) is 12.1 Å². The Balaban J connectivity index is 2.27. The molecule has 0 atom stereocenters. The van der Waals surface area contributed by atoms with Crippen molar-refractivity contribution in [3.05, 3.63) is 53.6 Å². The third-order valence-corrected chi connectivity index (χ3v) is 4.17. The van der Waals surface area contributed by atoms with Gasteiger partial charge in [0.05, 0.1) is 11.9 Å². The molecule has 0 N–H and O–H groups in total. The molecule has 0 aliphatic rings. The molecule has 2 aromatic rings. The maximum absolute atomic E-state index is 14.4. The Labute approximate surface area is 166 Å². The SMILES string of the molecule is CCCCCN(C)/C=C\c1cc(-c2ccc(OC(F)(F)F)cn2)c(F)cc1C=O. The van der Waals surface area contributed by atoms with Crippen LogP contribution in [-0.4, -0.2) is 36.1 Å². The average molecular weight is 410 g/mol. The predicted octanol–water partition coefficient (Wildman–Crippen LogP) is 5.69. The van der Waals surface area contributed by atoms with Gasteiger partial charge in [-0.2, -0.15) is 0 Å². The minimum absolute atomic E-state index is 0.0717. The number of ether oxygens (including phenoxy) is 1. The predicted molar refractivity (Wildman–Crippen MR) is 103 cm³/mol. The Morgan fingerprint density at radius 2 is 1.93 bits per heavy atom. The molecule has 2 rings (SSSR count). The Morgan fingerprint density at radius 1 is 1.17 bits per heavy atom. The number of halogens is 4. The van der Waals surface area contributed by atoms with E-state index in [4.69, 9.17) is 0 Å². The molecule has 29 heavy (non-hydrogen) atoms. The van der Waals surface area contributed by atoms with Crippen LogP contribution in [-0.2, 0) is 0 Å². The summed E-state index contributed by atoms with van der Waals surface area (Å²) in [6.07, 6.45) is 3.33. The van der Waals surface area contributed by atoms with E-state index >= 15 is 0 Å². The van der Waals surface area contributed by atoms with Crippen LogP contribution in [0, 0.1) is 5.82 Å². The van der Waals surface area contributed by atoms with E-state index in [1.807, 2.05) is 11.9 Å². The molecule has 0 spiro atoms. The van der Waals surface area contributed by atoms with Crippen LogP contribution in [0.3, 0.4) is 0 Å². The molecule has 156 valence electrons. The number of hydrogen-bond donors (Lipinski definition) is 0. The summed E-state index contributed by atoms with van der Waals surface area (Å²) < 4.78 is 55.0. The molecule has 0 bridgehead atoms. The standard InChI is InChI=1S/C21H22F4N2O2/c1-3-4-5-9-27(2)10-8-15-11-18(19(22)12-16(15)14-28)20-7-6-17(13-26-20)29-21(23,24)25/h6-8,10-14H,3-5,9H2,1-2H3/b10-8-. The van der Waals surface area contributed by atoms with Gasteiger partial charge in [0, 0.05) is 24.7 Å². The zero-order chi connectivity index (χ0) is 21.4. The van der Waals surface area contributed by atoms with Crippen LogP contribution in [0.4, 0.5) is 17.6 Å². The summed E-state index contributed by atoms with van der Waals surface area (Å²) in [5.41, 5.74) is 0.848. The number of benzene rings is 1. The number of aromatic nitrogens is 1. The molecular weight excluding hydrogens is 388 g/mol. The van der Waals surface area contributed by atoms with Gasteiger partial charge in [-0.3, -0.25) is 9.78 Å². The molecule has 1 heterocycles. The van der Waals surface area contributed by atoms with Crippen LogP contribution >= 0.6 is 0 Å². The summed E-state index contributed by atoms with van der Waals surface area (Å²) in [6, 6.07) is 4.81. The maximum Gasteiger partial charge on any atom is 0.573 e. The van der Waals surface area contributed by atoms with Crippen LogP contribution in [0.5, 0.6) is 5.75 Å². The smallest absolute Gasteiger partial charge is 0.404 e. The van der Waals surface area contributed by atoms with Gasteiger partial charge in [-0.05, 0) is 48.5 Å². The van der Waals surface area contributed by atoms with Gasteiger partial charge in [0.2, 0.25) is 0 Å². The topological polar surface area (TPSA) is 42.4 Å². The van der Waals surface area contributed by atoms with Crippen LogP contribution in [0.15, 0.2) is 36.7 Å². The second-order valence-corrected chi connectivity index (χ2v) is 6.51. The Kier molecular flexibility index (Phi) is 7.75. The summed E-state index contributed by atoms with van der Waals surface area (Å²) in [6.45, 7) is 2.96. The van der Waals surface area contributed by atoms with Gasteiger partial charge in [0.1, 0.15) is 11.6 Å². The fourth-order valence-corrected chi connectivity index (χ4v) is 2.67. The number of unbranched alkanes of at least 4 members (excludes halogenated alkanes) is 2. The Hall–Kier alpha value is -2.90. The van der Waals surface area contributed by atoms with Gasteiger partial charge in [-0.15, -0.1) is 13.2 Å². The molecule has 0 saturated carbocycles. The van der Waals surface area contributed by atoms with Crippen LogP contribution in [0.25, 0.3) is 17.3 Å². The van der Waals surface area contributed by atoms with E-state index in [1.54, 1.807) is 12.3 Å². The highest BCUT2D eigenvalue weighted by molar-refractivity contribution is 5.84. The molecule has 0 aliphatic heterocycles.